The Morgan fingerprint density at radius 3 is 2.06 bits per heavy atom. The van der Waals surface area contributed by atoms with Crippen molar-refractivity contribution < 1.29 is 38.8 Å². The van der Waals surface area contributed by atoms with Crippen molar-refractivity contribution >= 4 is 18.0 Å². The Labute approximate surface area is 187 Å². The van der Waals surface area contributed by atoms with Gasteiger partial charge < -0.3 is 35.1 Å². The first-order valence-corrected chi connectivity index (χ1v) is 9.68. The summed E-state index contributed by atoms with van der Waals surface area (Å²) in [6.07, 6.45) is -0.765. The van der Waals surface area contributed by atoms with Crippen LogP contribution in [-0.4, -0.2) is 58.4 Å². The third-order valence-electron chi connectivity index (χ3n) is 3.92. The summed E-state index contributed by atoms with van der Waals surface area (Å²) in [6, 6.07) is 4.10. The van der Waals surface area contributed by atoms with Gasteiger partial charge in [-0.2, -0.15) is 0 Å². The molecule has 4 N–H and O–H groups in total. The van der Waals surface area contributed by atoms with Gasteiger partial charge >= 0.3 is 18.0 Å². The smallest absolute Gasteiger partial charge is 0.408 e. The lowest BCUT2D eigenvalue weighted by Gasteiger charge is -2.34. The van der Waals surface area contributed by atoms with Gasteiger partial charge in [0.1, 0.15) is 17.4 Å². The minimum absolute atomic E-state index is 0.0470. The third-order valence-corrected chi connectivity index (χ3v) is 3.92. The van der Waals surface area contributed by atoms with Crippen molar-refractivity contribution in [1.82, 2.24) is 10.6 Å². The lowest BCUT2D eigenvalue weighted by atomic mass is 9.94. The fraction of sp³-hybridized carbons (Fsp3) is 0.500. The Morgan fingerprint density at radius 1 is 1.03 bits per heavy atom. The molecule has 0 aromatic heterocycles. The molecule has 0 aliphatic heterocycles. The molecule has 1 aromatic rings. The number of hydrogen-bond donors (Lipinski definition) is 4. The van der Waals surface area contributed by atoms with Crippen LogP contribution in [0.25, 0.3) is 0 Å². The number of nitrogens with one attached hydrogen (secondary N) is 2. The Bertz CT molecular complexity index is 889. The first-order valence-electron chi connectivity index (χ1n) is 9.68. The highest BCUT2D eigenvalue weighted by atomic mass is 16.8. The van der Waals surface area contributed by atoms with Gasteiger partial charge in [-0.3, -0.25) is 4.79 Å². The van der Waals surface area contributed by atoms with Crippen molar-refractivity contribution in [3.63, 3.8) is 0 Å². The SMILES string of the molecule is CC#CC(O)(O)Oc1ccc(C(=O)NC(C(=O)OC)C(C)(C)NC(=O)OC(C)(C)C)cc1. The Morgan fingerprint density at radius 2 is 1.59 bits per heavy atom. The standard InChI is InChI=1S/C22H30N2O8/c1-8-13-22(28,29)31-15-11-9-14(10-12-15)17(25)23-16(18(26)30-7)21(5,6)24-19(27)32-20(2,3)4/h9-12,16,28-29H,1-7H3,(H,23,25)(H,24,27). The van der Waals surface area contributed by atoms with Gasteiger partial charge in [-0.15, -0.1) is 0 Å². The summed E-state index contributed by atoms with van der Waals surface area (Å²) >= 11 is 0. The van der Waals surface area contributed by atoms with Gasteiger partial charge in [0.05, 0.1) is 12.6 Å². The highest BCUT2D eigenvalue weighted by molar-refractivity contribution is 5.97. The second kappa shape index (κ2) is 10.3. The molecular formula is C22H30N2O8. The number of methoxy groups -OCH3 is 1. The van der Waals surface area contributed by atoms with Crippen molar-refractivity contribution in [1.29, 1.82) is 0 Å². The number of alkyl carbamates (subject to hydrolysis) is 1. The first kappa shape index (κ1) is 26.7. The van der Waals surface area contributed by atoms with Crippen LogP contribution in [-0.2, 0) is 14.3 Å². The van der Waals surface area contributed by atoms with Crippen molar-refractivity contribution in [3.05, 3.63) is 29.8 Å². The highest BCUT2D eigenvalue weighted by Gasteiger charge is 2.40. The van der Waals surface area contributed by atoms with Crippen LogP contribution in [0.1, 0.15) is 51.9 Å². The number of hydrogen-bond acceptors (Lipinski definition) is 8. The molecule has 0 aliphatic rings. The maximum atomic E-state index is 12.7. The van der Waals surface area contributed by atoms with E-state index in [2.05, 4.69) is 22.5 Å². The number of ether oxygens (including phenoxy) is 3. The van der Waals surface area contributed by atoms with Crippen LogP contribution < -0.4 is 15.4 Å². The van der Waals surface area contributed by atoms with E-state index in [0.29, 0.717) is 0 Å². The molecular weight excluding hydrogens is 420 g/mol. The van der Waals surface area contributed by atoms with E-state index < -0.39 is 41.1 Å². The molecule has 1 aromatic carbocycles. The maximum absolute atomic E-state index is 12.7. The monoisotopic (exact) mass is 450 g/mol. The fourth-order valence-electron chi connectivity index (χ4n) is 2.53. The number of rotatable bonds is 7. The predicted molar refractivity (Wildman–Crippen MR) is 114 cm³/mol. The molecule has 1 atom stereocenters. The zero-order chi connectivity index (χ0) is 24.7. The van der Waals surface area contributed by atoms with Crippen LogP contribution in [0.4, 0.5) is 4.79 Å². The maximum Gasteiger partial charge on any atom is 0.408 e. The van der Waals surface area contributed by atoms with Crippen molar-refractivity contribution in [2.24, 2.45) is 0 Å². The quantitative estimate of drug-likeness (QED) is 0.277. The van der Waals surface area contributed by atoms with Crippen LogP contribution >= 0.6 is 0 Å². The summed E-state index contributed by atoms with van der Waals surface area (Å²) in [7, 11) is 1.16. The minimum atomic E-state index is -2.67. The molecule has 2 amide bonds. The van der Waals surface area contributed by atoms with Gasteiger partial charge in [-0.05, 0) is 65.8 Å². The zero-order valence-electron chi connectivity index (χ0n) is 19.2. The van der Waals surface area contributed by atoms with Gasteiger partial charge in [-0.25, -0.2) is 9.59 Å². The first-order chi connectivity index (χ1) is 14.6. The van der Waals surface area contributed by atoms with Gasteiger partial charge in [-0.1, -0.05) is 5.92 Å². The molecule has 0 fully saturated rings. The van der Waals surface area contributed by atoms with E-state index in [-0.39, 0.29) is 11.3 Å². The van der Waals surface area contributed by atoms with Crippen LogP contribution in [0.5, 0.6) is 5.75 Å². The largest absolute Gasteiger partial charge is 0.467 e. The van der Waals surface area contributed by atoms with Crippen LogP contribution in [0, 0.1) is 11.8 Å². The average Bonchev–Trinajstić information content (AvgIpc) is 2.63. The molecule has 1 unspecified atom stereocenters. The van der Waals surface area contributed by atoms with Crippen LogP contribution in [0.3, 0.4) is 0 Å². The lowest BCUT2D eigenvalue weighted by Crippen LogP contribution is -2.62. The lowest BCUT2D eigenvalue weighted by molar-refractivity contribution is -0.245. The van der Waals surface area contributed by atoms with Gasteiger partial charge in [0.2, 0.25) is 0 Å². The number of carbonyl (C=O) groups excluding carboxylic acids is 3. The molecule has 10 nitrogen and oxygen atoms in total. The Hall–Kier alpha value is -3.29. The van der Waals surface area contributed by atoms with Crippen molar-refractivity contribution in [2.75, 3.05) is 7.11 Å². The topological polar surface area (TPSA) is 143 Å². The second-order valence-electron chi connectivity index (χ2n) is 8.39. The molecule has 10 heteroatoms. The Balaban J connectivity index is 2.99. The van der Waals surface area contributed by atoms with E-state index in [9.17, 15) is 24.6 Å². The highest BCUT2D eigenvalue weighted by Crippen LogP contribution is 2.18. The van der Waals surface area contributed by atoms with E-state index >= 15 is 0 Å². The molecule has 176 valence electrons. The molecule has 1 rings (SSSR count). The fourth-order valence-corrected chi connectivity index (χ4v) is 2.53. The molecule has 0 saturated heterocycles. The van der Waals surface area contributed by atoms with E-state index in [0.717, 1.165) is 7.11 Å². The van der Waals surface area contributed by atoms with Crippen molar-refractivity contribution in [3.8, 4) is 17.6 Å². The third kappa shape index (κ3) is 8.45. The van der Waals surface area contributed by atoms with Crippen LogP contribution in [0.15, 0.2) is 24.3 Å². The number of amides is 2. The summed E-state index contributed by atoms with van der Waals surface area (Å²) < 4.78 is 14.9. The normalized spacial score (nSPS) is 12.5. The van der Waals surface area contributed by atoms with E-state index in [1.165, 1.54) is 45.0 Å². The summed E-state index contributed by atoms with van der Waals surface area (Å²) in [5.74, 6) is 0.333. The summed E-state index contributed by atoms with van der Waals surface area (Å²) in [5, 5.41) is 24.2. The second-order valence-corrected chi connectivity index (χ2v) is 8.39. The van der Waals surface area contributed by atoms with Gasteiger partial charge in [0.15, 0.2) is 0 Å². The summed E-state index contributed by atoms with van der Waals surface area (Å²) in [5.41, 5.74) is -1.88. The number of esters is 1. The molecule has 0 spiro atoms. The Kier molecular flexibility index (Phi) is 8.65. The average molecular weight is 450 g/mol. The summed E-state index contributed by atoms with van der Waals surface area (Å²) in [4.78, 5) is 37.2. The van der Waals surface area contributed by atoms with Gasteiger partial charge in [0.25, 0.3) is 5.91 Å². The van der Waals surface area contributed by atoms with Crippen LogP contribution in [0.2, 0.25) is 0 Å². The number of benzene rings is 1. The van der Waals surface area contributed by atoms with E-state index in [1.807, 2.05) is 0 Å². The molecule has 0 bridgehead atoms. The molecule has 0 heterocycles. The molecule has 0 radical (unpaired) electrons. The van der Waals surface area contributed by atoms with E-state index in [1.54, 1.807) is 20.8 Å². The molecule has 32 heavy (non-hydrogen) atoms. The molecule has 0 aliphatic carbocycles. The zero-order valence-corrected chi connectivity index (χ0v) is 19.2. The molecule has 0 saturated carbocycles. The minimum Gasteiger partial charge on any atom is -0.467 e. The number of carbonyl (C=O) groups is 3. The number of aliphatic hydroxyl groups is 2. The van der Waals surface area contributed by atoms with Gasteiger partial charge in [0, 0.05) is 11.5 Å². The van der Waals surface area contributed by atoms with E-state index in [4.69, 9.17) is 14.2 Å². The summed E-state index contributed by atoms with van der Waals surface area (Å²) in [6.45, 7) is 9.56. The predicted octanol–water partition coefficient (Wildman–Crippen LogP) is 1.30. The van der Waals surface area contributed by atoms with Crippen molar-refractivity contribution in [2.45, 2.75) is 64.7 Å².